The zero-order chi connectivity index (χ0) is 15.5. The Labute approximate surface area is 122 Å². The molecule has 21 heavy (non-hydrogen) atoms. The second-order valence-corrected chi connectivity index (χ2v) is 6.02. The van der Waals surface area contributed by atoms with Gasteiger partial charge in [-0.2, -0.15) is 13.7 Å². The highest BCUT2D eigenvalue weighted by atomic mass is 32.2. The Morgan fingerprint density at radius 1 is 1.29 bits per heavy atom. The third-order valence-electron chi connectivity index (χ3n) is 2.89. The van der Waals surface area contributed by atoms with E-state index in [-0.39, 0.29) is 10.7 Å². The van der Waals surface area contributed by atoms with Crippen molar-refractivity contribution in [1.82, 2.24) is 4.98 Å². The van der Waals surface area contributed by atoms with Gasteiger partial charge in [-0.3, -0.25) is 10.1 Å². The predicted molar refractivity (Wildman–Crippen MR) is 78.8 cm³/mol. The summed E-state index contributed by atoms with van der Waals surface area (Å²) < 4.78 is 26.2. The standard InChI is InChI=1S/C13H13N5O2S/c1-18(11-6-4-10(9-14)5-7-11)21(19,20)13-12(17-15)3-2-8-16-13/h2-8,17H,15H2,1H3. The van der Waals surface area contributed by atoms with Crippen molar-refractivity contribution >= 4 is 21.4 Å². The fourth-order valence-electron chi connectivity index (χ4n) is 1.72. The van der Waals surface area contributed by atoms with Gasteiger partial charge in [0, 0.05) is 13.2 Å². The molecule has 0 unspecified atom stereocenters. The number of nitrogens with two attached hydrogens (primary N) is 1. The second kappa shape index (κ2) is 5.78. The molecule has 0 spiro atoms. The lowest BCUT2D eigenvalue weighted by Crippen LogP contribution is -2.28. The number of hydrogen-bond donors (Lipinski definition) is 2. The van der Waals surface area contributed by atoms with E-state index >= 15 is 0 Å². The zero-order valence-corrected chi connectivity index (χ0v) is 12.0. The van der Waals surface area contributed by atoms with E-state index in [1.54, 1.807) is 30.3 Å². The van der Waals surface area contributed by atoms with Gasteiger partial charge in [0.1, 0.15) is 0 Å². The predicted octanol–water partition coefficient (Wildman–Crippen LogP) is 1.06. The van der Waals surface area contributed by atoms with Crippen molar-refractivity contribution in [3.63, 3.8) is 0 Å². The topological polar surface area (TPSA) is 112 Å². The van der Waals surface area contributed by atoms with Gasteiger partial charge >= 0.3 is 0 Å². The highest BCUT2D eigenvalue weighted by Crippen LogP contribution is 2.25. The molecule has 0 bridgehead atoms. The first-order chi connectivity index (χ1) is 10.0. The van der Waals surface area contributed by atoms with Crippen LogP contribution in [0.4, 0.5) is 11.4 Å². The molecule has 2 aromatic rings. The maximum atomic E-state index is 12.6. The number of nitriles is 1. The van der Waals surface area contributed by atoms with Crippen LogP contribution < -0.4 is 15.6 Å². The second-order valence-electron chi connectivity index (χ2n) is 4.13. The maximum Gasteiger partial charge on any atom is 0.283 e. The summed E-state index contributed by atoms with van der Waals surface area (Å²) in [6, 6.07) is 11.3. The molecule has 0 radical (unpaired) electrons. The zero-order valence-electron chi connectivity index (χ0n) is 11.2. The van der Waals surface area contributed by atoms with Crippen LogP contribution in [0.3, 0.4) is 0 Å². The van der Waals surface area contributed by atoms with E-state index in [1.165, 1.54) is 19.3 Å². The van der Waals surface area contributed by atoms with E-state index in [9.17, 15) is 8.42 Å². The number of hydrogen-bond acceptors (Lipinski definition) is 6. The number of benzene rings is 1. The van der Waals surface area contributed by atoms with E-state index in [1.807, 2.05) is 6.07 Å². The van der Waals surface area contributed by atoms with Crippen LogP contribution in [0.2, 0.25) is 0 Å². The quantitative estimate of drug-likeness (QED) is 0.645. The molecule has 0 saturated heterocycles. The highest BCUT2D eigenvalue weighted by Gasteiger charge is 2.25. The fourth-order valence-corrected chi connectivity index (χ4v) is 2.98. The molecule has 1 aromatic carbocycles. The summed E-state index contributed by atoms with van der Waals surface area (Å²) in [4.78, 5) is 3.88. The minimum atomic E-state index is -3.86. The van der Waals surface area contributed by atoms with Crippen molar-refractivity contribution in [3.8, 4) is 6.07 Å². The number of nitrogens with zero attached hydrogens (tertiary/aromatic N) is 3. The molecule has 0 amide bonds. The minimum Gasteiger partial charge on any atom is -0.321 e. The SMILES string of the molecule is CN(c1ccc(C#N)cc1)S(=O)(=O)c1ncccc1NN. The van der Waals surface area contributed by atoms with Gasteiger partial charge in [0.05, 0.1) is 23.0 Å². The van der Waals surface area contributed by atoms with Crippen molar-refractivity contribution in [2.75, 3.05) is 16.8 Å². The molecule has 108 valence electrons. The molecular weight excluding hydrogens is 290 g/mol. The van der Waals surface area contributed by atoms with Crippen molar-refractivity contribution in [1.29, 1.82) is 5.26 Å². The Balaban J connectivity index is 2.45. The van der Waals surface area contributed by atoms with Crippen LogP contribution in [0.15, 0.2) is 47.6 Å². The summed E-state index contributed by atoms with van der Waals surface area (Å²) in [5, 5.41) is 8.59. The van der Waals surface area contributed by atoms with Gasteiger partial charge in [-0.1, -0.05) is 0 Å². The van der Waals surface area contributed by atoms with Gasteiger partial charge in [-0.15, -0.1) is 0 Å². The summed E-state index contributed by atoms with van der Waals surface area (Å²) >= 11 is 0. The minimum absolute atomic E-state index is 0.167. The molecule has 0 aliphatic rings. The summed E-state index contributed by atoms with van der Waals surface area (Å²) in [5.74, 6) is 5.32. The largest absolute Gasteiger partial charge is 0.321 e. The Morgan fingerprint density at radius 2 is 1.95 bits per heavy atom. The van der Waals surface area contributed by atoms with E-state index in [4.69, 9.17) is 11.1 Å². The normalized spacial score (nSPS) is 10.7. The van der Waals surface area contributed by atoms with E-state index in [2.05, 4.69) is 10.4 Å². The van der Waals surface area contributed by atoms with Crippen molar-refractivity contribution < 1.29 is 8.42 Å². The van der Waals surface area contributed by atoms with Gasteiger partial charge < -0.3 is 5.43 Å². The summed E-state index contributed by atoms with van der Waals surface area (Å²) in [5.41, 5.74) is 3.39. The Hall–Kier alpha value is -2.63. The lowest BCUT2D eigenvalue weighted by Gasteiger charge is -2.20. The molecule has 0 atom stereocenters. The van der Waals surface area contributed by atoms with E-state index < -0.39 is 10.0 Å². The molecule has 0 aliphatic heterocycles. The summed E-state index contributed by atoms with van der Waals surface area (Å²) in [6.45, 7) is 0. The number of pyridine rings is 1. The Kier molecular flexibility index (Phi) is 4.07. The van der Waals surface area contributed by atoms with Crippen LogP contribution in [0.1, 0.15) is 5.56 Å². The van der Waals surface area contributed by atoms with E-state index in [0.29, 0.717) is 11.3 Å². The maximum absolute atomic E-state index is 12.6. The molecule has 1 heterocycles. The molecule has 3 N–H and O–H groups in total. The number of hydrazine groups is 1. The smallest absolute Gasteiger partial charge is 0.283 e. The molecule has 0 aliphatic carbocycles. The lowest BCUT2D eigenvalue weighted by atomic mass is 10.2. The van der Waals surface area contributed by atoms with Gasteiger partial charge in [-0.25, -0.2) is 4.98 Å². The third kappa shape index (κ3) is 2.79. The average Bonchev–Trinajstić information content (AvgIpc) is 2.54. The molecule has 0 saturated carbocycles. The van der Waals surface area contributed by atoms with Crippen LogP contribution in [0.25, 0.3) is 0 Å². The van der Waals surface area contributed by atoms with Gasteiger partial charge in [-0.05, 0) is 36.4 Å². The number of rotatable bonds is 4. The number of aromatic nitrogens is 1. The third-order valence-corrected chi connectivity index (χ3v) is 4.64. The molecule has 7 nitrogen and oxygen atoms in total. The molecular formula is C13H13N5O2S. The Morgan fingerprint density at radius 3 is 2.52 bits per heavy atom. The molecule has 2 rings (SSSR count). The lowest BCUT2D eigenvalue weighted by molar-refractivity contribution is 0.591. The number of nitrogens with one attached hydrogen (secondary N) is 1. The van der Waals surface area contributed by atoms with Crippen molar-refractivity contribution in [3.05, 3.63) is 48.2 Å². The van der Waals surface area contributed by atoms with Crippen LogP contribution in [0, 0.1) is 11.3 Å². The van der Waals surface area contributed by atoms with Crippen LogP contribution in [0.5, 0.6) is 0 Å². The first-order valence-electron chi connectivity index (χ1n) is 5.91. The highest BCUT2D eigenvalue weighted by molar-refractivity contribution is 7.92. The van der Waals surface area contributed by atoms with Crippen LogP contribution >= 0.6 is 0 Å². The van der Waals surface area contributed by atoms with Crippen molar-refractivity contribution in [2.45, 2.75) is 5.03 Å². The van der Waals surface area contributed by atoms with Gasteiger partial charge in [0.15, 0.2) is 0 Å². The molecule has 1 aromatic heterocycles. The summed E-state index contributed by atoms with van der Waals surface area (Å²) in [6.07, 6.45) is 1.38. The molecule has 0 fully saturated rings. The van der Waals surface area contributed by atoms with Gasteiger partial charge in [0.25, 0.3) is 10.0 Å². The molecule has 8 heteroatoms. The van der Waals surface area contributed by atoms with Crippen molar-refractivity contribution in [2.24, 2.45) is 5.84 Å². The fraction of sp³-hybridized carbons (Fsp3) is 0.0769. The van der Waals surface area contributed by atoms with Crippen LogP contribution in [-0.4, -0.2) is 20.4 Å². The van der Waals surface area contributed by atoms with E-state index in [0.717, 1.165) is 4.31 Å². The monoisotopic (exact) mass is 303 g/mol. The average molecular weight is 303 g/mol. The van der Waals surface area contributed by atoms with Gasteiger partial charge in [0.2, 0.25) is 5.03 Å². The Bertz CT molecular complexity index is 781. The van der Waals surface area contributed by atoms with Crippen LogP contribution in [-0.2, 0) is 10.0 Å². The number of nitrogen functional groups attached to an aromatic ring is 1. The summed E-state index contributed by atoms with van der Waals surface area (Å²) in [7, 11) is -2.45. The number of anilines is 2. The first kappa shape index (κ1) is 14.8. The number of sulfonamides is 1. The first-order valence-corrected chi connectivity index (χ1v) is 7.35.